The number of rotatable bonds is 5. The number of aromatic nitrogens is 2. The van der Waals surface area contributed by atoms with Crippen LogP contribution in [0.2, 0.25) is 0 Å². The molecule has 1 aromatic heterocycles. The Hall–Kier alpha value is -0.880. The van der Waals surface area contributed by atoms with Crippen molar-refractivity contribution in [3.8, 4) is 0 Å². The van der Waals surface area contributed by atoms with Crippen LogP contribution >= 0.6 is 0 Å². The van der Waals surface area contributed by atoms with Crippen molar-refractivity contribution in [3.05, 3.63) is 18.0 Å². The van der Waals surface area contributed by atoms with E-state index in [-0.39, 0.29) is 5.75 Å². The number of nitrogens with zero attached hydrogens (tertiary/aromatic N) is 2. The molecule has 1 rings (SSSR count). The van der Waals surface area contributed by atoms with E-state index in [0.717, 1.165) is 5.56 Å². The Kier molecular flexibility index (Phi) is 3.87. The summed E-state index contributed by atoms with van der Waals surface area (Å²) in [7, 11) is -2.89. The highest BCUT2D eigenvalue weighted by molar-refractivity contribution is 7.90. The number of hydrogen-bond acceptors (Lipinski definition) is 4. The molecule has 0 spiro atoms. The van der Waals surface area contributed by atoms with Gasteiger partial charge in [-0.15, -0.1) is 0 Å². The molecule has 15 heavy (non-hydrogen) atoms. The predicted molar refractivity (Wildman–Crippen MR) is 57.2 cm³/mol. The summed E-state index contributed by atoms with van der Waals surface area (Å²) in [4.78, 5) is 0. The fourth-order valence-electron chi connectivity index (χ4n) is 1.21. The normalized spacial score (nSPS) is 14.1. The molecule has 0 aliphatic heterocycles. The Morgan fingerprint density at radius 1 is 1.60 bits per heavy atom. The largest absolute Gasteiger partial charge is 0.389 e. The third-order valence-electron chi connectivity index (χ3n) is 2.04. The molecule has 0 amide bonds. The first-order chi connectivity index (χ1) is 6.88. The van der Waals surface area contributed by atoms with E-state index >= 15 is 0 Å². The number of aliphatic hydroxyl groups is 1. The Balaban J connectivity index is 2.45. The first-order valence-corrected chi connectivity index (χ1v) is 6.82. The van der Waals surface area contributed by atoms with Crippen LogP contribution in [0, 0.1) is 0 Å². The van der Waals surface area contributed by atoms with Gasteiger partial charge in [-0.25, -0.2) is 8.42 Å². The number of hydrogen-bond donors (Lipinski definition) is 1. The van der Waals surface area contributed by atoms with E-state index in [1.807, 2.05) is 0 Å². The van der Waals surface area contributed by atoms with Gasteiger partial charge in [0.2, 0.25) is 0 Å². The minimum Gasteiger partial charge on any atom is -0.389 e. The van der Waals surface area contributed by atoms with Crippen LogP contribution in [0.4, 0.5) is 0 Å². The van der Waals surface area contributed by atoms with Crippen molar-refractivity contribution in [1.82, 2.24) is 9.78 Å². The predicted octanol–water partition coefficient (Wildman–Crippen LogP) is 0.371. The minimum absolute atomic E-state index is 0.164. The second-order valence-electron chi connectivity index (χ2n) is 3.70. The van der Waals surface area contributed by atoms with Gasteiger partial charge in [-0.05, 0) is 13.3 Å². The van der Waals surface area contributed by atoms with Crippen LogP contribution in [-0.2, 0) is 16.4 Å². The molecule has 1 aromatic rings. The fraction of sp³-hybridized carbons (Fsp3) is 0.667. The zero-order valence-corrected chi connectivity index (χ0v) is 9.74. The van der Waals surface area contributed by atoms with E-state index in [4.69, 9.17) is 0 Å². The number of sulfone groups is 1. The van der Waals surface area contributed by atoms with E-state index in [1.54, 1.807) is 24.0 Å². The van der Waals surface area contributed by atoms with Gasteiger partial charge in [-0.2, -0.15) is 5.10 Å². The summed E-state index contributed by atoms with van der Waals surface area (Å²) in [6, 6.07) is 0. The maximum atomic E-state index is 10.9. The molecule has 1 N–H and O–H groups in total. The van der Waals surface area contributed by atoms with Crippen molar-refractivity contribution in [2.75, 3.05) is 12.0 Å². The van der Waals surface area contributed by atoms with E-state index in [2.05, 4.69) is 5.10 Å². The molecule has 1 heterocycles. The minimum atomic E-state index is -2.89. The third-order valence-corrected chi connectivity index (χ3v) is 3.07. The lowest BCUT2D eigenvalue weighted by molar-refractivity contribution is 0.199. The zero-order chi connectivity index (χ0) is 11.5. The van der Waals surface area contributed by atoms with E-state index < -0.39 is 15.9 Å². The maximum Gasteiger partial charge on any atom is 0.147 e. The topological polar surface area (TPSA) is 72.2 Å². The first-order valence-electron chi connectivity index (χ1n) is 4.76. The lowest BCUT2D eigenvalue weighted by Crippen LogP contribution is -2.07. The van der Waals surface area contributed by atoms with Crippen molar-refractivity contribution in [3.63, 3.8) is 0 Å². The molecule has 0 bridgehead atoms. The summed E-state index contributed by atoms with van der Waals surface area (Å²) in [5.74, 6) is 0.164. The monoisotopic (exact) mass is 232 g/mol. The van der Waals surface area contributed by atoms with Gasteiger partial charge in [-0.1, -0.05) is 0 Å². The third kappa shape index (κ3) is 4.44. The van der Waals surface area contributed by atoms with E-state index in [1.165, 1.54) is 6.26 Å². The molecule has 86 valence electrons. The standard InChI is InChI=1S/C9H16N2O3S/c1-8(12)9-6-10-11(7-9)4-3-5-15(2,13)14/h6-8,12H,3-5H2,1-2H3. The Morgan fingerprint density at radius 2 is 2.27 bits per heavy atom. The second-order valence-corrected chi connectivity index (χ2v) is 5.96. The van der Waals surface area contributed by atoms with Crippen LogP contribution in [0.15, 0.2) is 12.4 Å². The van der Waals surface area contributed by atoms with Crippen molar-refractivity contribution in [2.24, 2.45) is 0 Å². The van der Waals surface area contributed by atoms with Crippen molar-refractivity contribution in [2.45, 2.75) is 26.0 Å². The Bertz CT molecular complexity index is 409. The van der Waals surface area contributed by atoms with E-state index in [0.29, 0.717) is 13.0 Å². The second kappa shape index (κ2) is 4.76. The van der Waals surface area contributed by atoms with Crippen molar-refractivity contribution in [1.29, 1.82) is 0 Å². The van der Waals surface area contributed by atoms with Crippen LogP contribution in [0.3, 0.4) is 0 Å². The van der Waals surface area contributed by atoms with Crippen LogP contribution in [0.1, 0.15) is 25.0 Å². The molecular formula is C9H16N2O3S. The van der Waals surface area contributed by atoms with Gasteiger partial charge < -0.3 is 5.11 Å². The van der Waals surface area contributed by atoms with E-state index in [9.17, 15) is 13.5 Å². The average Bonchev–Trinajstić information content (AvgIpc) is 2.50. The highest BCUT2D eigenvalue weighted by atomic mass is 32.2. The summed E-state index contributed by atoms with van der Waals surface area (Å²) in [6.07, 6.45) is 4.54. The van der Waals surface area contributed by atoms with Crippen LogP contribution in [0.5, 0.6) is 0 Å². The number of aryl methyl sites for hydroxylation is 1. The van der Waals surface area contributed by atoms with Crippen molar-refractivity contribution < 1.29 is 13.5 Å². The summed E-state index contributed by atoms with van der Waals surface area (Å²) >= 11 is 0. The maximum absolute atomic E-state index is 10.9. The Morgan fingerprint density at radius 3 is 2.73 bits per heavy atom. The molecule has 0 saturated carbocycles. The summed E-state index contributed by atoms with van der Waals surface area (Å²) < 4.78 is 23.4. The molecule has 0 saturated heterocycles. The quantitative estimate of drug-likeness (QED) is 0.796. The van der Waals surface area contributed by atoms with Gasteiger partial charge in [0.25, 0.3) is 0 Å². The fourth-order valence-corrected chi connectivity index (χ4v) is 1.86. The zero-order valence-electron chi connectivity index (χ0n) is 8.92. The van der Waals surface area contributed by atoms with Crippen molar-refractivity contribution >= 4 is 9.84 Å². The molecule has 0 fully saturated rings. The van der Waals surface area contributed by atoms with Gasteiger partial charge in [0.1, 0.15) is 9.84 Å². The molecule has 1 atom stereocenters. The molecular weight excluding hydrogens is 216 g/mol. The summed E-state index contributed by atoms with van der Waals surface area (Å²) in [6.45, 7) is 2.22. The average molecular weight is 232 g/mol. The first kappa shape index (κ1) is 12.2. The highest BCUT2D eigenvalue weighted by Crippen LogP contribution is 2.09. The lowest BCUT2D eigenvalue weighted by atomic mass is 10.2. The van der Waals surface area contributed by atoms with Gasteiger partial charge >= 0.3 is 0 Å². The molecule has 0 aromatic carbocycles. The molecule has 0 aliphatic carbocycles. The molecule has 1 unspecified atom stereocenters. The summed E-state index contributed by atoms with van der Waals surface area (Å²) in [5, 5.41) is 13.3. The molecule has 5 nitrogen and oxygen atoms in total. The summed E-state index contributed by atoms with van der Waals surface area (Å²) in [5.41, 5.74) is 0.745. The van der Waals surface area contributed by atoms with Gasteiger partial charge in [0.05, 0.1) is 18.1 Å². The SMILES string of the molecule is CC(O)c1cnn(CCCS(C)(=O)=O)c1. The van der Waals surface area contributed by atoms with Crippen LogP contribution in [-0.4, -0.2) is 35.3 Å². The molecule has 0 aliphatic rings. The Labute approximate surface area is 89.6 Å². The van der Waals surface area contributed by atoms with Gasteiger partial charge in [0.15, 0.2) is 0 Å². The van der Waals surface area contributed by atoms with Gasteiger partial charge in [0, 0.05) is 24.6 Å². The van der Waals surface area contributed by atoms with Crippen LogP contribution in [0.25, 0.3) is 0 Å². The molecule has 6 heteroatoms. The lowest BCUT2D eigenvalue weighted by Gasteiger charge is -2.00. The smallest absolute Gasteiger partial charge is 0.147 e. The van der Waals surface area contributed by atoms with Gasteiger partial charge in [-0.3, -0.25) is 4.68 Å². The van der Waals surface area contributed by atoms with Crippen LogP contribution < -0.4 is 0 Å². The molecule has 0 radical (unpaired) electrons. The highest BCUT2D eigenvalue weighted by Gasteiger charge is 2.05. The number of aliphatic hydroxyl groups excluding tert-OH is 1.